The molecule has 0 aliphatic carbocycles. The largest absolute Gasteiger partial charge is 0.343 e. The van der Waals surface area contributed by atoms with Crippen molar-refractivity contribution in [2.24, 2.45) is 0 Å². The van der Waals surface area contributed by atoms with Gasteiger partial charge in [0.05, 0.1) is 0 Å². The van der Waals surface area contributed by atoms with Crippen molar-refractivity contribution in [2.45, 2.75) is 32.2 Å². The maximum atomic E-state index is 4.72. The molecule has 2 heterocycles. The highest BCUT2D eigenvalue weighted by atomic mass is 16.5. The first-order valence-corrected chi connectivity index (χ1v) is 6.09. The molecule has 1 aliphatic heterocycles. The van der Waals surface area contributed by atoms with E-state index in [1.165, 1.54) is 25.8 Å². The van der Waals surface area contributed by atoms with Gasteiger partial charge >= 0.3 is 0 Å². The maximum Gasteiger partial charge on any atom is 0.213 e. The molecule has 0 spiro atoms. The third kappa shape index (κ3) is 3.28. The molecule has 5 heteroatoms. The molecule has 1 aliphatic rings. The fourth-order valence-corrected chi connectivity index (χ4v) is 2.27. The van der Waals surface area contributed by atoms with E-state index in [4.69, 9.17) is 4.52 Å². The van der Waals surface area contributed by atoms with E-state index in [-0.39, 0.29) is 0 Å². The molecule has 1 N–H and O–H groups in total. The number of hydrogen-bond donors (Lipinski definition) is 1. The number of aromatic nitrogens is 2. The van der Waals surface area contributed by atoms with E-state index in [2.05, 4.69) is 27.3 Å². The van der Waals surface area contributed by atoms with Gasteiger partial charge in [0.1, 0.15) is 0 Å². The zero-order chi connectivity index (χ0) is 11.2. The van der Waals surface area contributed by atoms with E-state index in [9.17, 15) is 0 Å². The van der Waals surface area contributed by atoms with Crippen LogP contribution in [-0.2, 0) is 6.42 Å². The third-order valence-electron chi connectivity index (χ3n) is 3.06. The summed E-state index contributed by atoms with van der Waals surface area (Å²) in [4.78, 5) is 6.52. The average Bonchev–Trinajstić information content (AvgIpc) is 2.80. The highest BCUT2D eigenvalue weighted by molar-refractivity contribution is 4.83. The molecule has 90 valence electrons. The van der Waals surface area contributed by atoms with Gasteiger partial charge in [0, 0.05) is 25.6 Å². The normalized spacial score (nSPS) is 22.4. The quantitative estimate of drug-likeness (QED) is 0.797. The molecule has 1 aromatic heterocycles. The van der Waals surface area contributed by atoms with Crippen molar-refractivity contribution < 1.29 is 4.52 Å². The molecule has 1 aromatic rings. The van der Waals surface area contributed by atoms with E-state index in [1.807, 2.05) is 0 Å². The Morgan fingerprint density at radius 1 is 1.62 bits per heavy atom. The minimum atomic E-state index is 0.656. The van der Waals surface area contributed by atoms with Crippen molar-refractivity contribution in [3.05, 3.63) is 12.2 Å². The number of nitrogens with one attached hydrogen (secondary N) is 1. The fourth-order valence-electron chi connectivity index (χ4n) is 2.27. The molecular formula is C11H20N4O. The zero-order valence-electron chi connectivity index (χ0n) is 9.85. The number of hydrogen-bond acceptors (Lipinski definition) is 5. The lowest BCUT2D eigenvalue weighted by atomic mass is 10.1. The van der Waals surface area contributed by atoms with Crippen molar-refractivity contribution in [3.63, 3.8) is 0 Å². The van der Waals surface area contributed by atoms with Crippen LogP contribution in [0.5, 0.6) is 0 Å². The van der Waals surface area contributed by atoms with E-state index >= 15 is 0 Å². The molecule has 1 fully saturated rings. The summed E-state index contributed by atoms with van der Waals surface area (Å²) >= 11 is 0. The summed E-state index contributed by atoms with van der Waals surface area (Å²) in [6.45, 7) is 6.59. The topological polar surface area (TPSA) is 54.2 Å². The van der Waals surface area contributed by atoms with Crippen LogP contribution in [0.2, 0.25) is 0 Å². The Morgan fingerprint density at radius 3 is 3.31 bits per heavy atom. The zero-order valence-corrected chi connectivity index (χ0v) is 9.85. The first-order valence-electron chi connectivity index (χ1n) is 6.09. The molecule has 16 heavy (non-hydrogen) atoms. The SMILES string of the molecule is CCNC1CCCN(CCc2ncon2)C1. The predicted octanol–water partition coefficient (Wildman–Crippen LogP) is 0.686. The van der Waals surface area contributed by atoms with Crippen molar-refractivity contribution in [1.82, 2.24) is 20.4 Å². The Bertz CT molecular complexity index is 286. The Morgan fingerprint density at radius 2 is 2.56 bits per heavy atom. The van der Waals surface area contributed by atoms with E-state index in [0.29, 0.717) is 6.04 Å². The van der Waals surface area contributed by atoms with Crippen molar-refractivity contribution in [1.29, 1.82) is 0 Å². The maximum absolute atomic E-state index is 4.72. The van der Waals surface area contributed by atoms with Gasteiger partial charge in [-0.1, -0.05) is 12.1 Å². The van der Waals surface area contributed by atoms with Gasteiger partial charge in [-0.2, -0.15) is 4.98 Å². The predicted molar refractivity (Wildman–Crippen MR) is 61.1 cm³/mol. The lowest BCUT2D eigenvalue weighted by Gasteiger charge is -2.32. The van der Waals surface area contributed by atoms with Gasteiger partial charge in [-0.25, -0.2) is 0 Å². The van der Waals surface area contributed by atoms with Crippen LogP contribution >= 0.6 is 0 Å². The summed E-state index contributed by atoms with van der Waals surface area (Å²) in [6.07, 6.45) is 4.86. The number of rotatable bonds is 5. The van der Waals surface area contributed by atoms with Gasteiger partial charge in [0.2, 0.25) is 6.39 Å². The molecule has 1 unspecified atom stereocenters. The fraction of sp³-hybridized carbons (Fsp3) is 0.818. The van der Waals surface area contributed by atoms with Crippen LogP contribution < -0.4 is 5.32 Å². The van der Waals surface area contributed by atoms with Gasteiger partial charge in [-0.05, 0) is 25.9 Å². The Labute approximate surface area is 96.2 Å². The lowest BCUT2D eigenvalue weighted by molar-refractivity contribution is 0.192. The molecular weight excluding hydrogens is 204 g/mol. The second-order valence-corrected chi connectivity index (χ2v) is 4.29. The van der Waals surface area contributed by atoms with Gasteiger partial charge in [-0.15, -0.1) is 0 Å². The van der Waals surface area contributed by atoms with Gasteiger partial charge in [0.25, 0.3) is 0 Å². The van der Waals surface area contributed by atoms with Gasteiger partial charge < -0.3 is 14.7 Å². The van der Waals surface area contributed by atoms with Crippen molar-refractivity contribution in [2.75, 3.05) is 26.2 Å². The summed E-state index contributed by atoms with van der Waals surface area (Å²) in [7, 11) is 0. The molecule has 1 atom stereocenters. The standard InChI is InChI=1S/C11H20N4O/c1-2-12-10-4-3-6-15(8-10)7-5-11-13-9-16-14-11/h9-10,12H,2-8H2,1H3. The van der Waals surface area contributed by atoms with Gasteiger partial charge in [0.15, 0.2) is 5.82 Å². The highest BCUT2D eigenvalue weighted by Gasteiger charge is 2.18. The van der Waals surface area contributed by atoms with Crippen LogP contribution in [0.3, 0.4) is 0 Å². The van der Waals surface area contributed by atoms with Crippen LogP contribution in [0.25, 0.3) is 0 Å². The van der Waals surface area contributed by atoms with Crippen LogP contribution in [0.15, 0.2) is 10.9 Å². The molecule has 0 radical (unpaired) electrons. The molecule has 5 nitrogen and oxygen atoms in total. The van der Waals surface area contributed by atoms with Gasteiger partial charge in [-0.3, -0.25) is 0 Å². The monoisotopic (exact) mass is 224 g/mol. The van der Waals surface area contributed by atoms with Crippen molar-refractivity contribution in [3.8, 4) is 0 Å². The van der Waals surface area contributed by atoms with Crippen LogP contribution in [0.4, 0.5) is 0 Å². The van der Waals surface area contributed by atoms with E-state index < -0.39 is 0 Å². The first-order chi connectivity index (χ1) is 7.88. The molecule has 2 rings (SSSR count). The molecule has 0 bridgehead atoms. The smallest absolute Gasteiger partial charge is 0.213 e. The first kappa shape index (κ1) is 11.5. The Balaban J connectivity index is 1.72. The molecule has 0 amide bonds. The second kappa shape index (κ2) is 5.96. The van der Waals surface area contributed by atoms with Crippen LogP contribution in [-0.4, -0.2) is 47.3 Å². The summed E-state index contributed by atoms with van der Waals surface area (Å²) in [5.41, 5.74) is 0. The van der Waals surface area contributed by atoms with Crippen LogP contribution in [0.1, 0.15) is 25.6 Å². The number of piperidine rings is 1. The Kier molecular flexibility index (Phi) is 4.30. The van der Waals surface area contributed by atoms with Crippen molar-refractivity contribution >= 4 is 0 Å². The second-order valence-electron chi connectivity index (χ2n) is 4.29. The Hall–Kier alpha value is -0.940. The summed E-state index contributed by atoms with van der Waals surface area (Å²) in [6, 6.07) is 0.656. The minimum absolute atomic E-state index is 0.656. The summed E-state index contributed by atoms with van der Waals surface area (Å²) in [5.74, 6) is 0.811. The highest BCUT2D eigenvalue weighted by Crippen LogP contribution is 2.10. The summed E-state index contributed by atoms with van der Waals surface area (Å²) in [5, 5.41) is 7.34. The van der Waals surface area contributed by atoms with E-state index in [0.717, 1.165) is 31.9 Å². The van der Waals surface area contributed by atoms with Crippen LogP contribution in [0, 0.1) is 0 Å². The number of nitrogens with zero attached hydrogens (tertiary/aromatic N) is 3. The van der Waals surface area contributed by atoms with E-state index in [1.54, 1.807) is 0 Å². The molecule has 0 aromatic carbocycles. The molecule has 0 saturated carbocycles. The number of likely N-dealkylation sites (N-methyl/N-ethyl adjacent to an activating group) is 1. The lowest BCUT2D eigenvalue weighted by Crippen LogP contribution is -2.46. The third-order valence-corrected chi connectivity index (χ3v) is 3.06. The minimum Gasteiger partial charge on any atom is -0.343 e. The molecule has 1 saturated heterocycles. The number of likely N-dealkylation sites (tertiary alicyclic amines) is 1. The summed E-state index contributed by atoms with van der Waals surface area (Å²) < 4.78 is 4.72. The average molecular weight is 224 g/mol.